The van der Waals surface area contributed by atoms with Crippen LogP contribution < -0.4 is 4.90 Å². The molecule has 0 bridgehead atoms. The fourth-order valence-electron chi connectivity index (χ4n) is 7.97. The maximum Gasteiger partial charge on any atom is 0.143 e. The highest BCUT2D eigenvalue weighted by molar-refractivity contribution is 7.25. The van der Waals surface area contributed by atoms with Gasteiger partial charge in [0.2, 0.25) is 0 Å². The fraction of sp³-hybridized carbons (Fsp3) is 0. The van der Waals surface area contributed by atoms with Crippen molar-refractivity contribution in [2.45, 2.75) is 0 Å². The van der Waals surface area contributed by atoms with Gasteiger partial charge in [-0.2, -0.15) is 0 Å². The second-order valence-corrected chi connectivity index (χ2v) is 14.0. The Balaban J connectivity index is 1.20. The van der Waals surface area contributed by atoms with Crippen molar-refractivity contribution >= 4 is 103 Å². The number of furan rings is 1. The summed E-state index contributed by atoms with van der Waals surface area (Å²) in [6.07, 6.45) is 0. The van der Waals surface area contributed by atoms with Crippen LogP contribution in [0.1, 0.15) is 0 Å². The van der Waals surface area contributed by atoms with E-state index in [-0.39, 0.29) is 0 Å². The van der Waals surface area contributed by atoms with E-state index in [0.29, 0.717) is 0 Å². The Morgan fingerprint density at radius 2 is 1.12 bits per heavy atom. The molecule has 0 radical (unpaired) electrons. The number of hydrogen-bond acceptors (Lipinski definition) is 3. The molecule has 3 nitrogen and oxygen atoms in total. The Labute approximate surface area is 291 Å². The molecule has 3 heterocycles. The predicted octanol–water partition coefficient (Wildman–Crippen LogP) is 13.7. The number of nitrogens with zero attached hydrogens (tertiary/aromatic N) is 2. The lowest BCUT2D eigenvalue weighted by atomic mass is 10.0. The largest absolute Gasteiger partial charge is 0.455 e. The van der Waals surface area contributed by atoms with Gasteiger partial charge in [-0.05, 0) is 72.1 Å². The van der Waals surface area contributed by atoms with Crippen molar-refractivity contribution in [2.24, 2.45) is 0 Å². The van der Waals surface area contributed by atoms with Crippen molar-refractivity contribution in [3.63, 3.8) is 0 Å². The molecule has 0 unspecified atom stereocenters. The van der Waals surface area contributed by atoms with E-state index in [0.717, 1.165) is 50.1 Å². The van der Waals surface area contributed by atoms with Gasteiger partial charge >= 0.3 is 0 Å². The Bertz CT molecular complexity index is 3070. The average Bonchev–Trinajstić information content (AvgIpc) is 3.85. The zero-order chi connectivity index (χ0) is 32.8. The van der Waals surface area contributed by atoms with E-state index in [1.807, 2.05) is 11.3 Å². The SMILES string of the molecule is c1cc(N(c2ccc3c(c2)sc2ccccc23)c2cccc3oc4c5ccccc5ccc4c23)cc(-n2c3ccccc3c3ccccc32)c1. The van der Waals surface area contributed by atoms with Gasteiger partial charge < -0.3 is 13.9 Å². The van der Waals surface area contributed by atoms with Crippen LogP contribution in [0.25, 0.3) is 80.4 Å². The van der Waals surface area contributed by atoms with Gasteiger partial charge in [-0.3, -0.25) is 0 Å². The van der Waals surface area contributed by atoms with Crippen LogP contribution in [0.2, 0.25) is 0 Å². The lowest BCUT2D eigenvalue weighted by Gasteiger charge is -2.27. The Morgan fingerprint density at radius 1 is 0.460 bits per heavy atom. The van der Waals surface area contributed by atoms with E-state index in [4.69, 9.17) is 4.42 Å². The number of hydrogen-bond donors (Lipinski definition) is 0. The first-order chi connectivity index (χ1) is 24.8. The number of para-hydroxylation sites is 2. The molecule has 8 aromatic carbocycles. The molecule has 0 amide bonds. The summed E-state index contributed by atoms with van der Waals surface area (Å²) in [5.41, 5.74) is 8.56. The molecule has 0 atom stereocenters. The number of benzene rings is 8. The summed E-state index contributed by atoms with van der Waals surface area (Å²) in [4.78, 5) is 2.41. The van der Waals surface area contributed by atoms with Crippen LogP contribution in [0.3, 0.4) is 0 Å². The summed E-state index contributed by atoms with van der Waals surface area (Å²) >= 11 is 1.85. The smallest absolute Gasteiger partial charge is 0.143 e. The van der Waals surface area contributed by atoms with E-state index in [1.165, 1.54) is 47.4 Å². The molecule has 0 aliphatic rings. The number of anilines is 3. The molecule has 50 heavy (non-hydrogen) atoms. The Morgan fingerprint density at radius 3 is 1.96 bits per heavy atom. The zero-order valence-corrected chi connectivity index (χ0v) is 27.7. The number of fused-ring (bicyclic) bond motifs is 11. The summed E-state index contributed by atoms with van der Waals surface area (Å²) in [5.74, 6) is 0. The van der Waals surface area contributed by atoms with Crippen LogP contribution in [0.4, 0.5) is 17.1 Å². The topological polar surface area (TPSA) is 21.3 Å². The quantitative estimate of drug-likeness (QED) is 0.188. The van der Waals surface area contributed by atoms with Crippen LogP contribution in [0.15, 0.2) is 174 Å². The number of aromatic nitrogens is 1. The van der Waals surface area contributed by atoms with Crippen molar-refractivity contribution < 1.29 is 4.42 Å². The first-order valence-corrected chi connectivity index (χ1v) is 17.7. The first kappa shape index (κ1) is 27.6. The van der Waals surface area contributed by atoms with Gasteiger partial charge in [0.25, 0.3) is 0 Å². The van der Waals surface area contributed by atoms with Gasteiger partial charge in [-0.15, -0.1) is 11.3 Å². The Kier molecular flexibility index (Phi) is 5.83. The molecular formula is C46H28N2OS. The van der Waals surface area contributed by atoms with Gasteiger partial charge in [-0.1, -0.05) is 103 Å². The van der Waals surface area contributed by atoms with Crippen LogP contribution in [0, 0.1) is 0 Å². The summed E-state index contributed by atoms with van der Waals surface area (Å²) in [7, 11) is 0. The zero-order valence-electron chi connectivity index (χ0n) is 26.9. The van der Waals surface area contributed by atoms with Gasteiger partial charge in [0, 0.05) is 58.8 Å². The van der Waals surface area contributed by atoms with Crippen LogP contribution in [-0.4, -0.2) is 4.57 Å². The minimum Gasteiger partial charge on any atom is -0.455 e. The molecule has 234 valence electrons. The third-order valence-corrected chi connectivity index (χ3v) is 11.3. The monoisotopic (exact) mass is 656 g/mol. The lowest BCUT2D eigenvalue weighted by molar-refractivity contribution is 0.672. The Hall–Kier alpha value is -6.36. The standard InChI is InChI=1S/C46H28N2OS/c1-2-14-33-29(11-1)23-25-38-45-41(20-10-21-42(45)49-46(33)38)47(32-24-26-37-36-17-5-8-22-43(36)50-44(37)28-32)30-12-9-13-31(27-30)48-39-18-6-3-15-34(39)35-16-4-7-19-40(35)48/h1-28H. The van der Waals surface area contributed by atoms with Gasteiger partial charge in [0.15, 0.2) is 0 Å². The molecule has 0 fully saturated rings. The average molecular weight is 657 g/mol. The molecule has 3 aromatic heterocycles. The van der Waals surface area contributed by atoms with Gasteiger partial charge in [0.05, 0.1) is 22.1 Å². The molecule has 0 aliphatic carbocycles. The first-order valence-electron chi connectivity index (χ1n) is 16.9. The molecule has 11 aromatic rings. The van der Waals surface area contributed by atoms with E-state index >= 15 is 0 Å². The molecule has 0 saturated carbocycles. The van der Waals surface area contributed by atoms with Gasteiger partial charge in [0.1, 0.15) is 11.2 Å². The summed E-state index contributed by atoms with van der Waals surface area (Å²) in [6, 6.07) is 61.3. The molecule has 11 rings (SSSR count). The summed E-state index contributed by atoms with van der Waals surface area (Å²) < 4.78 is 11.6. The number of thiophene rings is 1. The second kappa shape index (κ2) is 10.6. The van der Waals surface area contributed by atoms with E-state index in [9.17, 15) is 0 Å². The van der Waals surface area contributed by atoms with Crippen LogP contribution >= 0.6 is 11.3 Å². The van der Waals surface area contributed by atoms with Crippen LogP contribution in [-0.2, 0) is 0 Å². The van der Waals surface area contributed by atoms with E-state index in [2.05, 4.69) is 179 Å². The highest BCUT2D eigenvalue weighted by atomic mass is 32.1. The molecule has 0 spiro atoms. The lowest BCUT2D eigenvalue weighted by Crippen LogP contribution is -2.11. The minimum atomic E-state index is 0.875. The van der Waals surface area contributed by atoms with E-state index in [1.54, 1.807) is 0 Å². The number of rotatable bonds is 4. The summed E-state index contributed by atoms with van der Waals surface area (Å²) in [5, 5.41) is 9.60. The van der Waals surface area contributed by atoms with Crippen molar-refractivity contribution in [2.75, 3.05) is 4.90 Å². The maximum atomic E-state index is 6.69. The van der Waals surface area contributed by atoms with Crippen molar-refractivity contribution in [3.05, 3.63) is 170 Å². The van der Waals surface area contributed by atoms with Crippen molar-refractivity contribution in [1.29, 1.82) is 0 Å². The minimum absolute atomic E-state index is 0.875. The summed E-state index contributed by atoms with van der Waals surface area (Å²) in [6.45, 7) is 0. The third kappa shape index (κ3) is 3.97. The third-order valence-electron chi connectivity index (χ3n) is 10.2. The van der Waals surface area contributed by atoms with Gasteiger partial charge in [-0.25, -0.2) is 0 Å². The molecule has 4 heteroatoms. The maximum absolute atomic E-state index is 6.69. The molecule has 0 N–H and O–H groups in total. The highest BCUT2D eigenvalue weighted by Crippen LogP contribution is 2.46. The normalized spacial score (nSPS) is 12.0. The highest BCUT2D eigenvalue weighted by Gasteiger charge is 2.22. The van der Waals surface area contributed by atoms with Crippen molar-refractivity contribution in [1.82, 2.24) is 4.57 Å². The second-order valence-electron chi connectivity index (χ2n) is 12.9. The fourth-order valence-corrected chi connectivity index (χ4v) is 9.11. The van der Waals surface area contributed by atoms with Crippen molar-refractivity contribution in [3.8, 4) is 5.69 Å². The predicted molar refractivity (Wildman–Crippen MR) is 213 cm³/mol. The molecule has 0 saturated heterocycles. The van der Waals surface area contributed by atoms with Crippen LogP contribution in [0.5, 0.6) is 0 Å². The molecule has 0 aliphatic heterocycles. The van der Waals surface area contributed by atoms with E-state index < -0.39 is 0 Å². The molecular weight excluding hydrogens is 629 g/mol.